The molecule has 19 heavy (non-hydrogen) atoms. The lowest BCUT2D eigenvalue weighted by Gasteiger charge is -2.37. The van der Waals surface area contributed by atoms with Crippen LogP contribution in [-0.2, 0) is 10.2 Å². The van der Waals surface area contributed by atoms with Crippen molar-refractivity contribution in [3.63, 3.8) is 0 Å². The van der Waals surface area contributed by atoms with E-state index in [9.17, 15) is 9.18 Å². The summed E-state index contributed by atoms with van der Waals surface area (Å²) in [6, 6.07) is 0. The Morgan fingerprint density at radius 1 is 1.26 bits per heavy atom. The Morgan fingerprint density at radius 3 is 2.47 bits per heavy atom. The molecular weight excluding hydrogens is 263 g/mol. The third kappa shape index (κ3) is 2.08. The van der Waals surface area contributed by atoms with E-state index in [0.29, 0.717) is 23.6 Å². The zero-order chi connectivity index (χ0) is 13.5. The molecule has 2 saturated carbocycles. The van der Waals surface area contributed by atoms with Crippen LogP contribution in [0.15, 0.2) is 0 Å². The van der Waals surface area contributed by atoms with Gasteiger partial charge in [0, 0.05) is 5.92 Å². The Balaban J connectivity index is 1.90. The Labute approximate surface area is 116 Å². The van der Waals surface area contributed by atoms with E-state index in [1.807, 2.05) is 0 Å². The minimum absolute atomic E-state index is 0.381. The number of amides is 1. The average Bonchev–Trinajstić information content (AvgIpc) is 2.71. The second-order valence-electron chi connectivity index (χ2n) is 5.81. The molecule has 1 aromatic heterocycles. The van der Waals surface area contributed by atoms with Gasteiger partial charge in [0.05, 0.1) is 15.3 Å². The molecule has 1 heterocycles. The summed E-state index contributed by atoms with van der Waals surface area (Å²) in [6.45, 7) is 0. The summed E-state index contributed by atoms with van der Waals surface area (Å²) in [6.07, 6.45) is 8.13. The fraction of sp³-hybridized carbons (Fsp3) is 0.714. The molecular formula is C14H19FN2OS. The molecule has 3 rings (SSSR count). The number of carbonyl (C=O) groups excluding carboxylic acids is 1. The normalized spacial score (nSPS) is 23.0. The number of aromatic nitrogens is 1. The Kier molecular flexibility index (Phi) is 3.33. The number of carbonyl (C=O) groups is 1. The first-order chi connectivity index (χ1) is 9.13. The molecule has 1 aromatic rings. The van der Waals surface area contributed by atoms with E-state index in [-0.39, 0.29) is 0 Å². The van der Waals surface area contributed by atoms with E-state index in [0.717, 1.165) is 24.3 Å². The summed E-state index contributed by atoms with van der Waals surface area (Å²) in [7, 11) is 0. The molecule has 2 fully saturated rings. The molecule has 0 spiro atoms. The van der Waals surface area contributed by atoms with Crippen LogP contribution in [0.2, 0.25) is 0 Å². The quantitative estimate of drug-likeness (QED) is 0.925. The molecule has 5 heteroatoms. The second kappa shape index (κ2) is 4.85. The standard InChI is InChI=1S/C14H19FN2OS/c15-11-10(14(13(16)18)7-4-8-14)19-12(17-11)9-5-2-1-3-6-9/h9H,1-8H2,(H2,16,18). The SMILES string of the molecule is NC(=O)C1(c2sc(C3CCCCC3)nc2F)CCC1. The number of thiazole rings is 1. The van der Waals surface area contributed by atoms with Crippen molar-refractivity contribution in [3.8, 4) is 0 Å². The maximum absolute atomic E-state index is 14.1. The first-order valence-corrected chi connectivity index (χ1v) is 7.92. The number of nitrogens with zero attached hydrogens (tertiary/aromatic N) is 1. The van der Waals surface area contributed by atoms with Crippen LogP contribution in [0.25, 0.3) is 0 Å². The van der Waals surface area contributed by atoms with Gasteiger partial charge in [-0.3, -0.25) is 4.79 Å². The van der Waals surface area contributed by atoms with Gasteiger partial charge in [0.2, 0.25) is 11.9 Å². The monoisotopic (exact) mass is 282 g/mol. The lowest BCUT2D eigenvalue weighted by molar-refractivity contribution is -0.126. The molecule has 0 aliphatic heterocycles. The van der Waals surface area contributed by atoms with E-state index >= 15 is 0 Å². The summed E-state index contributed by atoms with van der Waals surface area (Å²) in [5.41, 5.74) is 4.74. The zero-order valence-corrected chi connectivity index (χ0v) is 11.8. The highest BCUT2D eigenvalue weighted by molar-refractivity contribution is 7.12. The van der Waals surface area contributed by atoms with Gasteiger partial charge in [-0.15, -0.1) is 11.3 Å². The van der Waals surface area contributed by atoms with Gasteiger partial charge in [-0.2, -0.15) is 4.39 Å². The summed E-state index contributed by atoms with van der Waals surface area (Å²) in [5.74, 6) is -0.465. The predicted octanol–water partition coefficient (Wildman–Crippen LogP) is 3.24. The van der Waals surface area contributed by atoms with E-state index in [1.165, 1.54) is 30.6 Å². The van der Waals surface area contributed by atoms with Crippen molar-refractivity contribution in [2.24, 2.45) is 5.73 Å². The van der Waals surface area contributed by atoms with Crippen molar-refractivity contribution < 1.29 is 9.18 Å². The Bertz CT molecular complexity index is 490. The molecule has 104 valence electrons. The van der Waals surface area contributed by atoms with Crippen molar-refractivity contribution in [3.05, 3.63) is 15.8 Å². The first kappa shape index (κ1) is 13.0. The van der Waals surface area contributed by atoms with Gasteiger partial charge in [-0.25, -0.2) is 4.98 Å². The average molecular weight is 282 g/mol. The fourth-order valence-electron chi connectivity index (χ4n) is 3.25. The molecule has 0 aromatic carbocycles. The van der Waals surface area contributed by atoms with Crippen LogP contribution in [-0.4, -0.2) is 10.9 Å². The fourth-order valence-corrected chi connectivity index (χ4v) is 4.62. The summed E-state index contributed by atoms with van der Waals surface area (Å²) in [5, 5.41) is 0.875. The van der Waals surface area contributed by atoms with Crippen molar-refractivity contribution in [2.75, 3.05) is 0 Å². The molecule has 0 unspecified atom stereocenters. The van der Waals surface area contributed by atoms with Crippen LogP contribution in [0.5, 0.6) is 0 Å². The maximum Gasteiger partial charge on any atom is 0.229 e. The largest absolute Gasteiger partial charge is 0.369 e. The van der Waals surface area contributed by atoms with Gasteiger partial charge in [-0.1, -0.05) is 25.7 Å². The van der Waals surface area contributed by atoms with Gasteiger partial charge in [0.25, 0.3) is 0 Å². The highest BCUT2D eigenvalue weighted by atomic mass is 32.1. The molecule has 0 saturated heterocycles. The van der Waals surface area contributed by atoms with E-state index < -0.39 is 17.3 Å². The molecule has 2 aliphatic rings. The number of hydrogen-bond donors (Lipinski definition) is 1. The topological polar surface area (TPSA) is 56.0 Å². The van der Waals surface area contributed by atoms with Gasteiger partial charge < -0.3 is 5.73 Å². The molecule has 2 N–H and O–H groups in total. The first-order valence-electron chi connectivity index (χ1n) is 7.10. The van der Waals surface area contributed by atoms with Crippen molar-refractivity contribution in [1.29, 1.82) is 0 Å². The van der Waals surface area contributed by atoms with Gasteiger partial charge in [-0.05, 0) is 25.7 Å². The van der Waals surface area contributed by atoms with Crippen molar-refractivity contribution in [2.45, 2.75) is 62.7 Å². The van der Waals surface area contributed by atoms with Crippen molar-refractivity contribution in [1.82, 2.24) is 4.98 Å². The molecule has 1 amide bonds. The number of rotatable bonds is 3. The highest BCUT2D eigenvalue weighted by Crippen LogP contribution is 2.48. The number of nitrogens with two attached hydrogens (primary N) is 1. The summed E-state index contributed by atoms with van der Waals surface area (Å²) in [4.78, 5) is 16.3. The minimum Gasteiger partial charge on any atom is -0.369 e. The molecule has 0 bridgehead atoms. The number of halogens is 1. The van der Waals surface area contributed by atoms with Crippen LogP contribution in [0.3, 0.4) is 0 Å². The Morgan fingerprint density at radius 2 is 1.95 bits per heavy atom. The van der Waals surface area contributed by atoms with Crippen LogP contribution < -0.4 is 5.73 Å². The molecule has 2 aliphatic carbocycles. The smallest absolute Gasteiger partial charge is 0.229 e. The minimum atomic E-state index is -0.755. The predicted molar refractivity (Wildman–Crippen MR) is 72.6 cm³/mol. The third-order valence-electron chi connectivity index (χ3n) is 4.67. The van der Waals surface area contributed by atoms with Gasteiger partial charge in [0.1, 0.15) is 0 Å². The molecule has 0 atom stereocenters. The summed E-state index contributed by atoms with van der Waals surface area (Å²) < 4.78 is 14.1. The van der Waals surface area contributed by atoms with E-state index in [1.54, 1.807) is 0 Å². The lowest BCUT2D eigenvalue weighted by atomic mass is 9.67. The van der Waals surface area contributed by atoms with Crippen LogP contribution in [0.4, 0.5) is 4.39 Å². The van der Waals surface area contributed by atoms with Crippen LogP contribution in [0.1, 0.15) is 67.2 Å². The van der Waals surface area contributed by atoms with Crippen LogP contribution >= 0.6 is 11.3 Å². The highest BCUT2D eigenvalue weighted by Gasteiger charge is 2.48. The third-order valence-corrected chi connectivity index (χ3v) is 6.07. The van der Waals surface area contributed by atoms with Crippen molar-refractivity contribution >= 4 is 17.2 Å². The van der Waals surface area contributed by atoms with Gasteiger partial charge >= 0.3 is 0 Å². The summed E-state index contributed by atoms with van der Waals surface area (Å²) >= 11 is 1.39. The number of primary amides is 1. The number of hydrogen-bond acceptors (Lipinski definition) is 3. The van der Waals surface area contributed by atoms with Crippen LogP contribution in [0, 0.1) is 5.95 Å². The molecule has 3 nitrogen and oxygen atoms in total. The lowest BCUT2D eigenvalue weighted by Crippen LogP contribution is -2.46. The maximum atomic E-state index is 14.1. The zero-order valence-electron chi connectivity index (χ0n) is 11.0. The van der Waals surface area contributed by atoms with E-state index in [2.05, 4.69) is 4.98 Å². The van der Waals surface area contributed by atoms with Gasteiger partial charge in [0.15, 0.2) is 0 Å². The van der Waals surface area contributed by atoms with E-state index in [4.69, 9.17) is 5.73 Å². The Hall–Kier alpha value is -0.970. The molecule has 0 radical (unpaired) electrons. The second-order valence-corrected chi connectivity index (χ2v) is 6.84.